The van der Waals surface area contributed by atoms with Crippen LogP contribution in [0.25, 0.3) is 0 Å². The lowest BCUT2D eigenvalue weighted by Gasteiger charge is -2.33. The van der Waals surface area contributed by atoms with E-state index in [2.05, 4.69) is 29.6 Å². The standard InChI is InChI=1S/C20H24FNO/c21-18-9-7-16(8-10-18)20(23)17-12-13-22-19(14-17)11-6-15-4-2-1-3-5-15/h1-5,7-10,17,19-20,22-23H,6,11-14H2. The van der Waals surface area contributed by atoms with Crippen LogP contribution in [0.15, 0.2) is 54.6 Å². The summed E-state index contributed by atoms with van der Waals surface area (Å²) in [4.78, 5) is 0. The van der Waals surface area contributed by atoms with Crippen molar-refractivity contribution in [3.8, 4) is 0 Å². The van der Waals surface area contributed by atoms with Crippen molar-refractivity contribution in [2.24, 2.45) is 5.92 Å². The van der Waals surface area contributed by atoms with Gasteiger partial charge in [0, 0.05) is 6.04 Å². The van der Waals surface area contributed by atoms with Gasteiger partial charge in [-0.15, -0.1) is 0 Å². The molecule has 1 aliphatic heterocycles. The molecule has 0 radical (unpaired) electrons. The van der Waals surface area contributed by atoms with Crippen LogP contribution in [-0.2, 0) is 6.42 Å². The van der Waals surface area contributed by atoms with Gasteiger partial charge in [-0.2, -0.15) is 0 Å². The zero-order chi connectivity index (χ0) is 16.1. The number of aliphatic hydroxyl groups is 1. The summed E-state index contributed by atoms with van der Waals surface area (Å²) in [5.41, 5.74) is 2.18. The highest BCUT2D eigenvalue weighted by atomic mass is 19.1. The first-order chi connectivity index (χ1) is 11.2. The van der Waals surface area contributed by atoms with Crippen LogP contribution in [-0.4, -0.2) is 17.7 Å². The molecular formula is C20H24FNO. The highest BCUT2D eigenvalue weighted by Crippen LogP contribution is 2.31. The van der Waals surface area contributed by atoms with Gasteiger partial charge in [-0.05, 0) is 61.4 Å². The van der Waals surface area contributed by atoms with Crippen molar-refractivity contribution >= 4 is 0 Å². The molecule has 3 rings (SSSR count). The van der Waals surface area contributed by atoms with Crippen LogP contribution >= 0.6 is 0 Å². The Labute approximate surface area is 137 Å². The van der Waals surface area contributed by atoms with E-state index in [-0.39, 0.29) is 11.7 Å². The Kier molecular flexibility index (Phi) is 5.42. The van der Waals surface area contributed by atoms with Crippen molar-refractivity contribution < 1.29 is 9.50 Å². The fourth-order valence-electron chi connectivity index (χ4n) is 3.46. The minimum atomic E-state index is -0.503. The normalized spacial score (nSPS) is 22.7. The number of halogens is 1. The third-order valence-corrected chi connectivity index (χ3v) is 4.82. The Bertz CT molecular complexity index is 599. The molecule has 23 heavy (non-hydrogen) atoms. The number of benzene rings is 2. The quantitative estimate of drug-likeness (QED) is 0.878. The zero-order valence-electron chi connectivity index (χ0n) is 13.3. The molecule has 2 N–H and O–H groups in total. The molecule has 1 saturated heterocycles. The summed E-state index contributed by atoms with van der Waals surface area (Å²) in [5, 5.41) is 14.2. The molecule has 0 bridgehead atoms. The topological polar surface area (TPSA) is 32.3 Å². The number of hydrogen-bond donors (Lipinski definition) is 2. The molecule has 0 spiro atoms. The van der Waals surface area contributed by atoms with Crippen molar-refractivity contribution in [2.45, 2.75) is 37.8 Å². The van der Waals surface area contributed by atoms with Crippen LogP contribution in [0.2, 0.25) is 0 Å². The van der Waals surface area contributed by atoms with Crippen LogP contribution in [0.1, 0.15) is 36.5 Å². The van der Waals surface area contributed by atoms with Gasteiger partial charge in [-0.25, -0.2) is 4.39 Å². The predicted molar refractivity (Wildman–Crippen MR) is 90.6 cm³/mol. The lowest BCUT2D eigenvalue weighted by molar-refractivity contribution is 0.0765. The first-order valence-electron chi connectivity index (χ1n) is 8.43. The smallest absolute Gasteiger partial charge is 0.123 e. The Hall–Kier alpha value is -1.71. The maximum Gasteiger partial charge on any atom is 0.123 e. The van der Waals surface area contributed by atoms with Gasteiger partial charge in [0.2, 0.25) is 0 Å². The summed E-state index contributed by atoms with van der Waals surface area (Å²) in [7, 11) is 0. The summed E-state index contributed by atoms with van der Waals surface area (Å²) in [5.74, 6) is -0.0190. The summed E-state index contributed by atoms with van der Waals surface area (Å²) in [6.45, 7) is 0.933. The third-order valence-electron chi connectivity index (χ3n) is 4.82. The fraction of sp³-hybridized carbons (Fsp3) is 0.400. The molecule has 0 aromatic heterocycles. The van der Waals surface area contributed by atoms with E-state index in [0.29, 0.717) is 6.04 Å². The predicted octanol–water partition coefficient (Wildman–Crippen LogP) is 3.86. The number of aryl methyl sites for hydroxylation is 1. The number of piperidine rings is 1. The van der Waals surface area contributed by atoms with Crippen LogP contribution in [0, 0.1) is 11.7 Å². The Morgan fingerprint density at radius 3 is 2.57 bits per heavy atom. The Morgan fingerprint density at radius 1 is 1.09 bits per heavy atom. The van der Waals surface area contributed by atoms with Gasteiger partial charge in [-0.1, -0.05) is 42.5 Å². The molecule has 3 atom stereocenters. The monoisotopic (exact) mass is 313 g/mol. The second-order valence-corrected chi connectivity index (χ2v) is 6.46. The molecule has 1 aliphatic rings. The van der Waals surface area contributed by atoms with Gasteiger partial charge in [0.25, 0.3) is 0 Å². The highest BCUT2D eigenvalue weighted by Gasteiger charge is 2.27. The van der Waals surface area contributed by atoms with E-state index in [4.69, 9.17) is 0 Å². The maximum absolute atomic E-state index is 13.0. The summed E-state index contributed by atoms with van der Waals surface area (Å²) in [6.07, 6.45) is 3.55. The third kappa shape index (κ3) is 4.40. The average Bonchev–Trinajstić information content (AvgIpc) is 2.61. The molecule has 3 unspecified atom stereocenters. The van der Waals surface area contributed by atoms with E-state index in [1.165, 1.54) is 17.7 Å². The van der Waals surface area contributed by atoms with E-state index >= 15 is 0 Å². The van der Waals surface area contributed by atoms with Crippen molar-refractivity contribution in [3.05, 3.63) is 71.5 Å². The molecule has 122 valence electrons. The number of hydrogen-bond acceptors (Lipinski definition) is 2. The van der Waals surface area contributed by atoms with Crippen LogP contribution < -0.4 is 5.32 Å². The van der Waals surface area contributed by atoms with Crippen molar-refractivity contribution in [3.63, 3.8) is 0 Å². The molecule has 1 heterocycles. The molecule has 2 nitrogen and oxygen atoms in total. The van der Waals surface area contributed by atoms with Crippen LogP contribution in [0.5, 0.6) is 0 Å². The van der Waals surface area contributed by atoms with Gasteiger partial charge >= 0.3 is 0 Å². The summed E-state index contributed by atoms with van der Waals surface area (Å²) in [6, 6.07) is 17.2. The summed E-state index contributed by atoms with van der Waals surface area (Å²) >= 11 is 0. The Morgan fingerprint density at radius 2 is 1.83 bits per heavy atom. The maximum atomic E-state index is 13.0. The largest absolute Gasteiger partial charge is 0.388 e. The SMILES string of the molecule is OC(c1ccc(F)cc1)C1CCNC(CCc2ccccc2)C1. The zero-order valence-corrected chi connectivity index (χ0v) is 13.3. The van der Waals surface area contributed by atoms with Gasteiger partial charge in [-0.3, -0.25) is 0 Å². The highest BCUT2D eigenvalue weighted by molar-refractivity contribution is 5.19. The van der Waals surface area contributed by atoms with Crippen LogP contribution in [0.4, 0.5) is 4.39 Å². The number of aliphatic hydroxyl groups excluding tert-OH is 1. The van der Waals surface area contributed by atoms with E-state index in [1.54, 1.807) is 12.1 Å². The molecule has 2 aromatic rings. The van der Waals surface area contributed by atoms with Gasteiger partial charge in [0.05, 0.1) is 6.10 Å². The molecular weight excluding hydrogens is 289 g/mol. The molecule has 1 fully saturated rings. The van der Waals surface area contributed by atoms with Crippen molar-refractivity contribution in [1.29, 1.82) is 0 Å². The van der Waals surface area contributed by atoms with Crippen molar-refractivity contribution in [1.82, 2.24) is 5.32 Å². The average molecular weight is 313 g/mol. The molecule has 3 heteroatoms. The Balaban J connectivity index is 1.56. The number of rotatable bonds is 5. The summed E-state index contributed by atoms with van der Waals surface area (Å²) < 4.78 is 13.0. The molecule has 2 aromatic carbocycles. The number of nitrogens with one attached hydrogen (secondary N) is 1. The van der Waals surface area contributed by atoms with E-state index < -0.39 is 6.10 Å². The fourth-order valence-corrected chi connectivity index (χ4v) is 3.46. The van der Waals surface area contributed by atoms with E-state index in [9.17, 15) is 9.50 Å². The van der Waals surface area contributed by atoms with E-state index in [0.717, 1.165) is 37.8 Å². The second-order valence-electron chi connectivity index (χ2n) is 6.46. The lowest BCUT2D eigenvalue weighted by atomic mass is 9.83. The van der Waals surface area contributed by atoms with Crippen molar-refractivity contribution in [2.75, 3.05) is 6.54 Å². The van der Waals surface area contributed by atoms with Gasteiger partial charge in [0.15, 0.2) is 0 Å². The molecule has 0 amide bonds. The molecule has 0 saturated carbocycles. The van der Waals surface area contributed by atoms with Crippen LogP contribution in [0.3, 0.4) is 0 Å². The first-order valence-corrected chi connectivity index (χ1v) is 8.43. The van der Waals surface area contributed by atoms with Gasteiger partial charge < -0.3 is 10.4 Å². The lowest BCUT2D eigenvalue weighted by Crippen LogP contribution is -2.40. The van der Waals surface area contributed by atoms with Gasteiger partial charge in [0.1, 0.15) is 5.82 Å². The second kappa shape index (κ2) is 7.71. The minimum Gasteiger partial charge on any atom is -0.388 e. The minimum absolute atomic E-state index is 0.238. The van der Waals surface area contributed by atoms with E-state index in [1.807, 2.05) is 6.07 Å². The molecule has 0 aliphatic carbocycles. The first kappa shape index (κ1) is 16.2.